The molecule has 0 aromatic heterocycles. The summed E-state index contributed by atoms with van der Waals surface area (Å²) in [6.07, 6.45) is 0. The molecule has 6 nitrogen and oxygen atoms in total. The second kappa shape index (κ2) is 5.11. The van der Waals surface area contributed by atoms with Crippen LogP contribution < -0.4 is 0 Å². The number of halogens is 3. The summed E-state index contributed by atoms with van der Waals surface area (Å²) in [5.74, 6) is -1.41. The molecule has 21 heavy (non-hydrogen) atoms. The average molecular weight is 323 g/mol. The van der Waals surface area contributed by atoms with Gasteiger partial charge in [-0.25, -0.2) is 0 Å². The Hall–Kier alpha value is -1.94. The van der Waals surface area contributed by atoms with E-state index in [1.807, 2.05) is 0 Å². The molecule has 1 aromatic rings. The Labute approximate surface area is 117 Å². The van der Waals surface area contributed by atoms with Crippen molar-refractivity contribution in [1.29, 1.82) is 0 Å². The molecule has 1 aliphatic rings. The Kier molecular flexibility index (Phi) is 3.76. The highest BCUT2D eigenvalue weighted by atomic mass is 32.2. The van der Waals surface area contributed by atoms with Crippen molar-refractivity contribution in [2.75, 3.05) is 13.2 Å². The summed E-state index contributed by atoms with van der Waals surface area (Å²) in [5, 5.41) is 0. The zero-order valence-corrected chi connectivity index (χ0v) is 11.1. The molecule has 0 N–H and O–H groups in total. The van der Waals surface area contributed by atoms with E-state index in [1.165, 1.54) is 24.3 Å². The molecular weight excluding hydrogens is 315 g/mol. The fourth-order valence-corrected chi connectivity index (χ4v) is 2.17. The van der Waals surface area contributed by atoms with Gasteiger partial charge in [-0.3, -0.25) is 18.7 Å². The van der Waals surface area contributed by atoms with Crippen LogP contribution in [-0.4, -0.2) is 43.8 Å². The quantitative estimate of drug-likeness (QED) is 0.472. The topological polar surface area (TPSA) is 80.8 Å². The minimum Gasteiger partial charge on any atom is -0.272 e. The molecule has 10 heteroatoms. The van der Waals surface area contributed by atoms with Crippen LogP contribution in [0, 0.1) is 0 Å². The first-order chi connectivity index (χ1) is 9.65. The van der Waals surface area contributed by atoms with Crippen LogP contribution in [0.4, 0.5) is 13.2 Å². The van der Waals surface area contributed by atoms with Gasteiger partial charge in [-0.1, -0.05) is 12.1 Å². The van der Waals surface area contributed by atoms with Crippen LogP contribution in [0.5, 0.6) is 0 Å². The third-order valence-electron chi connectivity index (χ3n) is 2.72. The fraction of sp³-hybridized carbons (Fsp3) is 0.273. The van der Waals surface area contributed by atoms with Gasteiger partial charge < -0.3 is 0 Å². The van der Waals surface area contributed by atoms with E-state index >= 15 is 0 Å². The van der Waals surface area contributed by atoms with Gasteiger partial charge in [-0.05, 0) is 12.1 Å². The number of carbonyl (C=O) groups excluding carboxylic acids is 2. The van der Waals surface area contributed by atoms with Crippen LogP contribution in [0.1, 0.15) is 20.7 Å². The van der Waals surface area contributed by atoms with Crippen molar-refractivity contribution in [2.45, 2.75) is 5.51 Å². The van der Waals surface area contributed by atoms with Crippen molar-refractivity contribution in [3.63, 3.8) is 0 Å². The highest BCUT2D eigenvalue weighted by Crippen LogP contribution is 2.25. The lowest BCUT2D eigenvalue weighted by Gasteiger charge is -2.14. The molecule has 0 atom stereocenters. The third-order valence-corrected chi connectivity index (χ3v) is 3.76. The zero-order chi connectivity index (χ0) is 15.8. The van der Waals surface area contributed by atoms with E-state index in [1.54, 1.807) is 0 Å². The fourth-order valence-electron chi connectivity index (χ4n) is 1.75. The maximum absolute atomic E-state index is 12.0. The first-order valence-electron chi connectivity index (χ1n) is 5.56. The normalized spacial score (nSPS) is 15.5. The van der Waals surface area contributed by atoms with E-state index in [-0.39, 0.29) is 11.1 Å². The van der Waals surface area contributed by atoms with Crippen molar-refractivity contribution < 1.29 is 35.4 Å². The van der Waals surface area contributed by atoms with Gasteiger partial charge in [-0.15, -0.1) is 0 Å². The van der Waals surface area contributed by atoms with Gasteiger partial charge in [0.1, 0.15) is 0 Å². The number of imide groups is 1. The summed E-state index contributed by atoms with van der Waals surface area (Å²) < 4.78 is 61.2. The van der Waals surface area contributed by atoms with E-state index in [0.717, 1.165) is 0 Å². The molecule has 1 aliphatic heterocycles. The van der Waals surface area contributed by atoms with Crippen LogP contribution in [-0.2, 0) is 14.3 Å². The number of rotatable bonds is 4. The predicted molar refractivity (Wildman–Crippen MR) is 62.7 cm³/mol. The SMILES string of the molecule is O=C1c2ccccc2C(=O)N1CCOS(=O)(=O)C(F)(F)F. The zero-order valence-electron chi connectivity index (χ0n) is 10.3. The Bertz CT molecular complexity index is 663. The van der Waals surface area contributed by atoms with Gasteiger partial charge in [0.25, 0.3) is 11.8 Å². The maximum atomic E-state index is 12.0. The molecule has 0 unspecified atom stereocenters. The third kappa shape index (κ3) is 2.76. The van der Waals surface area contributed by atoms with Crippen LogP contribution in [0.15, 0.2) is 24.3 Å². The lowest BCUT2D eigenvalue weighted by Crippen LogP contribution is -2.35. The predicted octanol–water partition coefficient (Wildman–Crippen LogP) is 1.15. The van der Waals surface area contributed by atoms with E-state index in [2.05, 4.69) is 4.18 Å². The summed E-state index contributed by atoms with van der Waals surface area (Å²) in [7, 11) is -5.74. The van der Waals surface area contributed by atoms with Crippen molar-refractivity contribution in [1.82, 2.24) is 4.90 Å². The largest absolute Gasteiger partial charge is 0.523 e. The van der Waals surface area contributed by atoms with Gasteiger partial charge in [0.15, 0.2) is 0 Å². The Morgan fingerprint density at radius 3 is 1.95 bits per heavy atom. The minimum absolute atomic E-state index is 0.112. The van der Waals surface area contributed by atoms with Gasteiger partial charge in [0.05, 0.1) is 24.3 Å². The number of carbonyl (C=O) groups is 2. The highest BCUT2D eigenvalue weighted by molar-refractivity contribution is 7.87. The van der Waals surface area contributed by atoms with Crippen LogP contribution in [0.3, 0.4) is 0 Å². The standard InChI is InChI=1S/C11H8F3NO5S/c12-11(13,14)21(18,19)20-6-5-15-9(16)7-3-1-2-4-8(7)10(15)17/h1-4H,5-6H2. The molecule has 114 valence electrons. The molecule has 0 bridgehead atoms. The van der Waals surface area contributed by atoms with Gasteiger partial charge >= 0.3 is 15.6 Å². The van der Waals surface area contributed by atoms with E-state index in [9.17, 15) is 31.2 Å². The number of fused-ring (bicyclic) bond motifs is 1. The number of nitrogens with zero attached hydrogens (tertiary/aromatic N) is 1. The minimum atomic E-state index is -5.74. The molecule has 0 saturated carbocycles. The van der Waals surface area contributed by atoms with E-state index in [0.29, 0.717) is 4.90 Å². The highest BCUT2D eigenvalue weighted by Gasteiger charge is 2.47. The number of hydrogen-bond donors (Lipinski definition) is 0. The van der Waals surface area contributed by atoms with Crippen LogP contribution >= 0.6 is 0 Å². The summed E-state index contributed by atoms with van der Waals surface area (Å²) >= 11 is 0. The molecule has 1 heterocycles. The molecule has 0 aliphatic carbocycles. The first kappa shape index (κ1) is 15.4. The van der Waals surface area contributed by atoms with Gasteiger partial charge in [-0.2, -0.15) is 21.6 Å². The summed E-state index contributed by atoms with van der Waals surface area (Å²) in [5.41, 5.74) is -5.32. The monoisotopic (exact) mass is 323 g/mol. The van der Waals surface area contributed by atoms with Gasteiger partial charge in [0.2, 0.25) is 0 Å². The first-order valence-corrected chi connectivity index (χ1v) is 6.97. The molecule has 1 aromatic carbocycles. The second-order valence-corrected chi connectivity index (χ2v) is 5.64. The Morgan fingerprint density at radius 1 is 1.05 bits per heavy atom. The number of amides is 2. The summed E-state index contributed by atoms with van der Waals surface area (Å²) in [6.45, 7) is -1.56. The average Bonchev–Trinajstić information content (AvgIpc) is 2.63. The van der Waals surface area contributed by atoms with Gasteiger partial charge in [0, 0.05) is 0 Å². The van der Waals surface area contributed by atoms with E-state index in [4.69, 9.17) is 0 Å². The lowest BCUT2D eigenvalue weighted by molar-refractivity contribution is -0.0543. The Morgan fingerprint density at radius 2 is 1.52 bits per heavy atom. The number of hydrogen-bond acceptors (Lipinski definition) is 5. The molecule has 2 amide bonds. The molecule has 0 spiro atoms. The maximum Gasteiger partial charge on any atom is 0.523 e. The van der Waals surface area contributed by atoms with Crippen molar-refractivity contribution in [2.24, 2.45) is 0 Å². The van der Waals surface area contributed by atoms with Crippen LogP contribution in [0.25, 0.3) is 0 Å². The van der Waals surface area contributed by atoms with Crippen LogP contribution in [0.2, 0.25) is 0 Å². The number of benzene rings is 1. The second-order valence-electron chi connectivity index (χ2n) is 4.03. The molecule has 2 rings (SSSR count). The van der Waals surface area contributed by atoms with Crippen molar-refractivity contribution in [3.05, 3.63) is 35.4 Å². The molecular formula is C11H8F3NO5S. The molecule has 0 fully saturated rings. The molecule has 0 radical (unpaired) electrons. The van der Waals surface area contributed by atoms with E-state index < -0.39 is 40.6 Å². The molecule has 0 saturated heterocycles. The Balaban J connectivity index is 2.04. The summed E-state index contributed by atoms with van der Waals surface area (Å²) in [6, 6.07) is 5.84. The number of alkyl halides is 3. The lowest BCUT2D eigenvalue weighted by atomic mass is 10.1. The smallest absolute Gasteiger partial charge is 0.272 e. The van der Waals surface area contributed by atoms with Crippen molar-refractivity contribution >= 4 is 21.9 Å². The summed E-state index contributed by atoms with van der Waals surface area (Å²) in [4.78, 5) is 24.3. The van der Waals surface area contributed by atoms with Crippen molar-refractivity contribution in [3.8, 4) is 0 Å².